The summed E-state index contributed by atoms with van der Waals surface area (Å²) < 4.78 is 20.4. The Morgan fingerprint density at radius 1 is 1.36 bits per heavy atom. The Labute approximate surface area is 189 Å². The van der Waals surface area contributed by atoms with Gasteiger partial charge in [-0.2, -0.15) is 15.5 Å². The standard InChI is InChI=1S/C23H22FN7O2/c1-12(2)31-22(26)17(9-25)21(30-31)15-6-4-13(20-18(15)11-28-29-20)10-27-23(32)16-8-14(24)5-7-19(16)33-3/h4-8,11-12H,10,26H2,1-3H3,(H,27,32)(H,28,29). The molecule has 0 spiro atoms. The molecule has 2 aromatic carbocycles. The van der Waals surface area contributed by atoms with Gasteiger partial charge >= 0.3 is 0 Å². The molecule has 0 radical (unpaired) electrons. The third-order valence-electron chi connectivity index (χ3n) is 5.35. The molecule has 0 atom stereocenters. The molecule has 0 aliphatic rings. The number of hydrogen-bond acceptors (Lipinski definition) is 6. The van der Waals surface area contributed by atoms with Crippen LogP contribution in [0.5, 0.6) is 5.75 Å². The van der Waals surface area contributed by atoms with Crippen molar-refractivity contribution in [2.75, 3.05) is 12.8 Å². The number of aromatic nitrogens is 4. The number of hydrogen-bond donors (Lipinski definition) is 3. The van der Waals surface area contributed by atoms with Gasteiger partial charge in [-0.25, -0.2) is 9.07 Å². The average Bonchev–Trinajstić information content (AvgIpc) is 3.42. The Morgan fingerprint density at radius 2 is 2.15 bits per heavy atom. The SMILES string of the molecule is COc1ccc(F)cc1C(=O)NCc1ccc(-c2nn(C(C)C)c(N)c2C#N)c2cn[nH]c12. The highest BCUT2D eigenvalue weighted by Gasteiger charge is 2.22. The Balaban J connectivity index is 1.68. The second-order valence-electron chi connectivity index (χ2n) is 7.72. The molecule has 0 bridgehead atoms. The van der Waals surface area contributed by atoms with Crippen LogP contribution in [0.25, 0.3) is 22.2 Å². The summed E-state index contributed by atoms with van der Waals surface area (Å²) in [4.78, 5) is 12.7. The molecule has 0 saturated carbocycles. The summed E-state index contributed by atoms with van der Waals surface area (Å²) in [7, 11) is 1.42. The van der Waals surface area contributed by atoms with Crippen molar-refractivity contribution in [3.63, 3.8) is 0 Å². The minimum atomic E-state index is -0.533. The number of aromatic amines is 1. The van der Waals surface area contributed by atoms with Gasteiger partial charge in [0.2, 0.25) is 0 Å². The van der Waals surface area contributed by atoms with E-state index in [0.29, 0.717) is 28.2 Å². The molecule has 4 rings (SSSR count). The fraction of sp³-hybridized carbons (Fsp3) is 0.217. The van der Waals surface area contributed by atoms with Gasteiger partial charge in [-0.15, -0.1) is 0 Å². The van der Waals surface area contributed by atoms with E-state index in [9.17, 15) is 14.4 Å². The van der Waals surface area contributed by atoms with Crippen molar-refractivity contribution in [1.29, 1.82) is 5.26 Å². The van der Waals surface area contributed by atoms with Crippen LogP contribution in [-0.2, 0) is 6.54 Å². The summed E-state index contributed by atoms with van der Waals surface area (Å²) in [6, 6.07) is 9.51. The van der Waals surface area contributed by atoms with Crippen LogP contribution < -0.4 is 15.8 Å². The lowest BCUT2D eigenvalue weighted by molar-refractivity contribution is 0.0947. The highest BCUT2D eigenvalue weighted by molar-refractivity contribution is 5.99. The second kappa shape index (κ2) is 8.63. The minimum absolute atomic E-state index is 0.0139. The highest BCUT2D eigenvalue weighted by Crippen LogP contribution is 2.34. The highest BCUT2D eigenvalue weighted by atomic mass is 19.1. The molecule has 10 heteroatoms. The summed E-state index contributed by atoms with van der Waals surface area (Å²) >= 11 is 0. The van der Waals surface area contributed by atoms with Crippen LogP contribution in [0.2, 0.25) is 0 Å². The Kier molecular flexibility index (Phi) is 5.70. The van der Waals surface area contributed by atoms with Crippen LogP contribution in [0, 0.1) is 17.1 Å². The van der Waals surface area contributed by atoms with Gasteiger partial charge < -0.3 is 15.8 Å². The molecule has 0 saturated heterocycles. The van der Waals surface area contributed by atoms with Gasteiger partial charge in [-0.1, -0.05) is 12.1 Å². The molecule has 0 aliphatic carbocycles. The van der Waals surface area contributed by atoms with Crippen molar-refractivity contribution < 1.29 is 13.9 Å². The molecule has 168 valence electrons. The predicted molar refractivity (Wildman–Crippen MR) is 121 cm³/mol. The van der Waals surface area contributed by atoms with E-state index in [-0.39, 0.29) is 23.9 Å². The van der Waals surface area contributed by atoms with Crippen LogP contribution in [0.3, 0.4) is 0 Å². The van der Waals surface area contributed by atoms with E-state index in [4.69, 9.17) is 10.5 Å². The number of fused-ring (bicyclic) bond motifs is 1. The lowest BCUT2D eigenvalue weighted by Crippen LogP contribution is -2.23. The summed E-state index contributed by atoms with van der Waals surface area (Å²) in [5.41, 5.74) is 9.14. The first-order valence-electron chi connectivity index (χ1n) is 10.2. The maximum atomic E-state index is 13.6. The number of H-pyrrole nitrogens is 1. The Bertz CT molecular complexity index is 1400. The smallest absolute Gasteiger partial charge is 0.255 e. The van der Waals surface area contributed by atoms with Gasteiger partial charge in [0.15, 0.2) is 0 Å². The zero-order chi connectivity index (χ0) is 23.7. The van der Waals surface area contributed by atoms with Crippen molar-refractivity contribution in [3.8, 4) is 23.1 Å². The van der Waals surface area contributed by atoms with Crippen molar-refractivity contribution in [2.45, 2.75) is 26.4 Å². The molecule has 2 aromatic heterocycles. The fourth-order valence-corrected chi connectivity index (χ4v) is 3.71. The van der Waals surface area contributed by atoms with E-state index in [0.717, 1.165) is 17.0 Å². The minimum Gasteiger partial charge on any atom is -0.496 e. The van der Waals surface area contributed by atoms with E-state index in [2.05, 4.69) is 26.7 Å². The fourth-order valence-electron chi connectivity index (χ4n) is 3.71. The second-order valence-corrected chi connectivity index (χ2v) is 7.72. The van der Waals surface area contributed by atoms with Crippen molar-refractivity contribution in [2.24, 2.45) is 0 Å². The number of ether oxygens (including phenoxy) is 1. The van der Waals surface area contributed by atoms with Gasteiger partial charge in [-0.3, -0.25) is 9.89 Å². The number of nitriles is 1. The molecular formula is C23H22FN7O2. The third kappa shape index (κ3) is 3.85. The number of nitrogens with two attached hydrogens (primary N) is 1. The number of anilines is 1. The van der Waals surface area contributed by atoms with Crippen LogP contribution in [-0.4, -0.2) is 33.0 Å². The third-order valence-corrected chi connectivity index (χ3v) is 5.35. The molecule has 4 N–H and O–H groups in total. The van der Waals surface area contributed by atoms with Crippen LogP contribution in [0.15, 0.2) is 36.5 Å². The molecule has 33 heavy (non-hydrogen) atoms. The van der Waals surface area contributed by atoms with Crippen molar-refractivity contribution in [3.05, 3.63) is 59.0 Å². The lowest BCUT2D eigenvalue weighted by atomic mass is 10.0. The van der Waals surface area contributed by atoms with E-state index < -0.39 is 11.7 Å². The van der Waals surface area contributed by atoms with E-state index >= 15 is 0 Å². The molecule has 1 amide bonds. The van der Waals surface area contributed by atoms with Gasteiger partial charge in [-0.05, 0) is 37.6 Å². The van der Waals surface area contributed by atoms with Gasteiger partial charge in [0.1, 0.15) is 34.7 Å². The molecule has 0 fully saturated rings. The number of carbonyl (C=O) groups is 1. The molecular weight excluding hydrogens is 425 g/mol. The van der Waals surface area contributed by atoms with Crippen molar-refractivity contribution in [1.82, 2.24) is 25.3 Å². The van der Waals surface area contributed by atoms with Crippen LogP contribution >= 0.6 is 0 Å². The molecule has 4 aromatic rings. The maximum Gasteiger partial charge on any atom is 0.255 e. The molecule has 9 nitrogen and oxygen atoms in total. The number of amides is 1. The first-order chi connectivity index (χ1) is 15.8. The van der Waals surface area contributed by atoms with Crippen molar-refractivity contribution >= 4 is 22.6 Å². The van der Waals surface area contributed by atoms with E-state index in [1.165, 1.54) is 19.2 Å². The van der Waals surface area contributed by atoms with E-state index in [1.54, 1.807) is 10.9 Å². The van der Waals surface area contributed by atoms with Crippen LogP contribution in [0.1, 0.15) is 41.4 Å². The summed E-state index contributed by atoms with van der Waals surface area (Å²) in [5.74, 6) is -0.425. The number of rotatable bonds is 6. The Hall–Kier alpha value is -4.39. The molecule has 2 heterocycles. The van der Waals surface area contributed by atoms with Gasteiger partial charge in [0.05, 0.1) is 24.4 Å². The quantitative estimate of drug-likeness (QED) is 0.414. The predicted octanol–water partition coefficient (Wildman–Crippen LogP) is 3.54. The lowest BCUT2D eigenvalue weighted by Gasteiger charge is -2.11. The maximum absolute atomic E-state index is 13.6. The topological polar surface area (TPSA) is 135 Å². The number of benzene rings is 2. The Morgan fingerprint density at radius 3 is 2.85 bits per heavy atom. The normalized spacial score (nSPS) is 11.0. The first-order valence-corrected chi connectivity index (χ1v) is 10.2. The number of carbonyl (C=O) groups excluding carboxylic acids is 1. The summed E-state index contributed by atoms with van der Waals surface area (Å²) in [5, 5.41) is 24.8. The zero-order valence-corrected chi connectivity index (χ0v) is 18.3. The number of nitrogen functional groups attached to an aromatic ring is 1. The van der Waals surface area contributed by atoms with Gasteiger partial charge in [0.25, 0.3) is 5.91 Å². The number of nitrogens with one attached hydrogen (secondary N) is 2. The summed E-state index contributed by atoms with van der Waals surface area (Å²) in [6.07, 6.45) is 1.64. The van der Waals surface area contributed by atoms with Gasteiger partial charge in [0, 0.05) is 23.5 Å². The monoisotopic (exact) mass is 447 g/mol. The average molecular weight is 447 g/mol. The summed E-state index contributed by atoms with van der Waals surface area (Å²) in [6.45, 7) is 4.02. The number of halogens is 1. The first kappa shape index (κ1) is 21.8. The zero-order valence-electron chi connectivity index (χ0n) is 18.3. The van der Waals surface area contributed by atoms with Crippen LogP contribution in [0.4, 0.5) is 10.2 Å². The molecule has 0 unspecified atom stereocenters. The van der Waals surface area contributed by atoms with E-state index in [1.807, 2.05) is 26.0 Å². The number of nitrogens with zero attached hydrogens (tertiary/aromatic N) is 4. The largest absolute Gasteiger partial charge is 0.496 e. The number of methoxy groups -OCH3 is 1. The molecule has 0 aliphatic heterocycles.